The van der Waals surface area contributed by atoms with E-state index in [-0.39, 0.29) is 11.7 Å². The van der Waals surface area contributed by atoms with Crippen molar-refractivity contribution in [3.63, 3.8) is 0 Å². The average Bonchev–Trinajstić information content (AvgIpc) is 2.86. The summed E-state index contributed by atoms with van der Waals surface area (Å²) in [7, 11) is 1.48. The minimum absolute atomic E-state index is 0.0577. The summed E-state index contributed by atoms with van der Waals surface area (Å²) in [5, 5.41) is 9.68. The largest absolute Gasteiger partial charge is 0.504 e. The molecule has 2 aromatic carbocycles. The van der Waals surface area contributed by atoms with Gasteiger partial charge in [0.2, 0.25) is 0 Å². The third-order valence-electron chi connectivity index (χ3n) is 4.04. The third kappa shape index (κ3) is 3.41. The van der Waals surface area contributed by atoms with E-state index in [1.165, 1.54) is 30.5 Å². The smallest absolute Gasteiger partial charge is 0.270 e. The number of ether oxygens (including phenoxy) is 1. The first-order valence-corrected chi connectivity index (χ1v) is 8.85. The molecule has 3 rings (SSSR count). The number of aryl methyl sites for hydroxylation is 2. The Morgan fingerprint density at radius 2 is 1.92 bits per heavy atom. The first-order chi connectivity index (χ1) is 11.9. The van der Waals surface area contributed by atoms with Crippen molar-refractivity contribution in [1.82, 2.24) is 0 Å². The maximum Gasteiger partial charge on any atom is 0.270 e. The van der Waals surface area contributed by atoms with E-state index < -0.39 is 0 Å². The fourth-order valence-electron chi connectivity index (χ4n) is 2.49. The van der Waals surface area contributed by atoms with Crippen LogP contribution in [0.4, 0.5) is 5.69 Å². The van der Waals surface area contributed by atoms with Crippen molar-refractivity contribution in [1.29, 1.82) is 0 Å². The Kier molecular flexibility index (Phi) is 4.83. The number of nitrogens with zero attached hydrogens (tertiary/aromatic N) is 1. The van der Waals surface area contributed by atoms with Gasteiger partial charge in [-0.2, -0.15) is 0 Å². The highest BCUT2D eigenvalue weighted by atomic mass is 32.2. The number of benzene rings is 2. The number of methoxy groups -OCH3 is 1. The van der Waals surface area contributed by atoms with Gasteiger partial charge in [0, 0.05) is 0 Å². The van der Waals surface area contributed by atoms with Crippen LogP contribution >= 0.6 is 24.0 Å². The van der Waals surface area contributed by atoms with Crippen molar-refractivity contribution in [2.75, 3.05) is 12.0 Å². The fourth-order valence-corrected chi connectivity index (χ4v) is 3.79. The number of carbonyl (C=O) groups excluding carboxylic acids is 1. The van der Waals surface area contributed by atoms with Crippen LogP contribution in [-0.2, 0) is 4.79 Å². The minimum Gasteiger partial charge on any atom is -0.504 e. The van der Waals surface area contributed by atoms with Gasteiger partial charge in [-0.25, -0.2) is 0 Å². The molecule has 0 saturated carbocycles. The summed E-state index contributed by atoms with van der Waals surface area (Å²) in [6, 6.07) is 10.8. The van der Waals surface area contributed by atoms with Crippen molar-refractivity contribution in [2.24, 2.45) is 0 Å². The summed E-state index contributed by atoms with van der Waals surface area (Å²) in [6.45, 7) is 4.04. The van der Waals surface area contributed by atoms with Crippen molar-refractivity contribution >= 4 is 46.0 Å². The normalized spacial score (nSPS) is 16.0. The maximum absolute atomic E-state index is 12.8. The number of hydrogen-bond acceptors (Lipinski definition) is 5. The molecule has 25 heavy (non-hydrogen) atoms. The molecule has 1 aliphatic rings. The molecule has 0 bridgehead atoms. The lowest BCUT2D eigenvalue weighted by Gasteiger charge is -2.15. The summed E-state index contributed by atoms with van der Waals surface area (Å²) >= 11 is 6.67. The number of amides is 1. The predicted octanol–water partition coefficient (Wildman–Crippen LogP) is 4.42. The second kappa shape index (κ2) is 6.90. The third-order valence-corrected chi connectivity index (χ3v) is 5.35. The highest BCUT2D eigenvalue weighted by molar-refractivity contribution is 8.27. The van der Waals surface area contributed by atoms with E-state index >= 15 is 0 Å². The molecule has 4 nitrogen and oxygen atoms in total. The lowest BCUT2D eigenvalue weighted by Crippen LogP contribution is -2.27. The van der Waals surface area contributed by atoms with Crippen LogP contribution in [0.15, 0.2) is 41.3 Å². The van der Waals surface area contributed by atoms with Gasteiger partial charge in [-0.1, -0.05) is 36.1 Å². The molecule has 1 amide bonds. The zero-order valence-electron chi connectivity index (χ0n) is 14.1. The molecule has 1 fully saturated rings. The van der Waals surface area contributed by atoms with Crippen LogP contribution < -0.4 is 9.64 Å². The van der Waals surface area contributed by atoms with Crippen LogP contribution in [0.1, 0.15) is 16.7 Å². The highest BCUT2D eigenvalue weighted by Gasteiger charge is 2.33. The predicted molar refractivity (Wildman–Crippen MR) is 106 cm³/mol. The van der Waals surface area contributed by atoms with Crippen LogP contribution in [0, 0.1) is 13.8 Å². The number of rotatable bonds is 3. The number of phenols is 1. The first kappa shape index (κ1) is 17.5. The average molecular weight is 371 g/mol. The van der Waals surface area contributed by atoms with Gasteiger partial charge in [0.15, 0.2) is 15.8 Å². The number of thiocarbonyl (C=S) groups is 1. The second-order valence-electron chi connectivity index (χ2n) is 5.72. The quantitative estimate of drug-likeness (QED) is 0.639. The van der Waals surface area contributed by atoms with Crippen LogP contribution in [0.5, 0.6) is 11.5 Å². The molecule has 1 heterocycles. The number of carbonyl (C=O) groups is 1. The van der Waals surface area contributed by atoms with Crippen LogP contribution in [0.25, 0.3) is 6.08 Å². The number of phenolic OH excluding ortho intramolecular Hbond substituents is 1. The molecule has 0 aromatic heterocycles. The van der Waals surface area contributed by atoms with Crippen LogP contribution in [0.2, 0.25) is 0 Å². The summed E-state index contributed by atoms with van der Waals surface area (Å²) in [4.78, 5) is 14.9. The van der Waals surface area contributed by atoms with Gasteiger partial charge in [-0.15, -0.1) is 0 Å². The topological polar surface area (TPSA) is 49.8 Å². The van der Waals surface area contributed by atoms with Gasteiger partial charge in [0.05, 0.1) is 17.7 Å². The zero-order valence-corrected chi connectivity index (χ0v) is 15.7. The van der Waals surface area contributed by atoms with E-state index in [0.717, 1.165) is 16.8 Å². The molecule has 0 aliphatic carbocycles. The standard InChI is InChI=1S/C19H17NO3S2/c1-11-4-6-14(8-12(11)2)20-18(22)17(25-19(20)24)10-13-5-7-15(21)16(9-13)23-3/h4-10,21H,1-3H3. The van der Waals surface area contributed by atoms with Gasteiger partial charge in [-0.3, -0.25) is 9.69 Å². The van der Waals surface area contributed by atoms with Gasteiger partial charge >= 0.3 is 0 Å². The molecular formula is C19H17NO3S2. The van der Waals surface area contributed by atoms with Gasteiger partial charge in [0.1, 0.15) is 0 Å². The first-order valence-electron chi connectivity index (χ1n) is 7.63. The van der Waals surface area contributed by atoms with Gasteiger partial charge < -0.3 is 9.84 Å². The Bertz CT molecular complexity index is 906. The Hall–Kier alpha value is -2.31. The van der Waals surface area contributed by atoms with E-state index in [4.69, 9.17) is 17.0 Å². The molecule has 1 N–H and O–H groups in total. The van der Waals surface area contributed by atoms with Gasteiger partial charge in [0.25, 0.3) is 5.91 Å². The molecule has 2 aromatic rings. The number of hydrogen-bond donors (Lipinski definition) is 1. The Morgan fingerprint density at radius 3 is 2.60 bits per heavy atom. The Labute approximate surface area is 156 Å². The van der Waals surface area contributed by atoms with Crippen molar-refractivity contribution in [2.45, 2.75) is 13.8 Å². The van der Waals surface area contributed by atoms with E-state index in [0.29, 0.717) is 15.0 Å². The van der Waals surface area contributed by atoms with Crippen molar-refractivity contribution in [3.05, 3.63) is 58.0 Å². The molecule has 0 radical (unpaired) electrons. The fraction of sp³-hybridized carbons (Fsp3) is 0.158. The van der Waals surface area contributed by atoms with Crippen molar-refractivity contribution < 1.29 is 14.6 Å². The van der Waals surface area contributed by atoms with Gasteiger partial charge in [-0.05, 0) is 60.9 Å². The molecule has 1 aliphatic heterocycles. The second-order valence-corrected chi connectivity index (χ2v) is 7.39. The Morgan fingerprint density at radius 1 is 1.16 bits per heavy atom. The summed E-state index contributed by atoms with van der Waals surface area (Å²) < 4.78 is 5.61. The number of thioether (sulfide) groups is 1. The molecule has 0 unspecified atom stereocenters. The van der Waals surface area contributed by atoms with E-state index in [1.54, 1.807) is 23.1 Å². The van der Waals surface area contributed by atoms with E-state index in [9.17, 15) is 9.90 Å². The summed E-state index contributed by atoms with van der Waals surface area (Å²) in [5.74, 6) is 0.269. The zero-order chi connectivity index (χ0) is 18.1. The van der Waals surface area contributed by atoms with Crippen LogP contribution in [-0.4, -0.2) is 22.4 Å². The van der Waals surface area contributed by atoms with E-state index in [1.807, 2.05) is 32.0 Å². The highest BCUT2D eigenvalue weighted by Crippen LogP contribution is 2.37. The number of anilines is 1. The molecule has 1 saturated heterocycles. The molecule has 0 spiro atoms. The molecular weight excluding hydrogens is 354 g/mol. The summed E-state index contributed by atoms with van der Waals surface area (Å²) in [5.41, 5.74) is 3.81. The SMILES string of the molecule is COc1cc(C=C2SC(=S)N(c3ccc(C)c(C)c3)C2=O)ccc1O. The van der Waals surface area contributed by atoms with Crippen LogP contribution in [0.3, 0.4) is 0 Å². The molecule has 128 valence electrons. The van der Waals surface area contributed by atoms with Crippen molar-refractivity contribution in [3.8, 4) is 11.5 Å². The maximum atomic E-state index is 12.8. The lowest BCUT2D eigenvalue weighted by molar-refractivity contribution is -0.113. The minimum atomic E-state index is -0.148. The summed E-state index contributed by atoms with van der Waals surface area (Å²) in [6.07, 6.45) is 1.75. The Balaban J connectivity index is 1.94. The molecule has 6 heteroatoms. The monoisotopic (exact) mass is 371 g/mol. The molecule has 0 atom stereocenters. The van der Waals surface area contributed by atoms with E-state index in [2.05, 4.69) is 0 Å². The number of aromatic hydroxyl groups is 1. The lowest BCUT2D eigenvalue weighted by atomic mass is 10.1.